The second-order valence-corrected chi connectivity index (χ2v) is 9.58. The van der Waals surface area contributed by atoms with Gasteiger partial charge in [0, 0.05) is 31.7 Å². The van der Waals surface area contributed by atoms with Crippen LogP contribution in [-0.2, 0) is 24.2 Å². The van der Waals surface area contributed by atoms with Crippen molar-refractivity contribution in [3.05, 3.63) is 76.9 Å². The Balaban J connectivity index is 1.71. The van der Waals surface area contributed by atoms with Crippen molar-refractivity contribution in [3.8, 4) is 28.7 Å². The zero-order valence-electron chi connectivity index (χ0n) is 23.7. The van der Waals surface area contributed by atoms with Crippen LogP contribution in [0.5, 0.6) is 28.7 Å². The largest absolute Gasteiger partial charge is 0.493 e. The van der Waals surface area contributed by atoms with Crippen LogP contribution in [0.4, 0.5) is 0 Å². The molecule has 0 N–H and O–H groups in total. The fourth-order valence-electron chi connectivity index (χ4n) is 5.29. The van der Waals surface area contributed by atoms with E-state index in [1.165, 1.54) is 0 Å². The zero-order chi connectivity index (χ0) is 27.9. The highest BCUT2D eigenvalue weighted by Gasteiger charge is 2.35. The molecule has 0 saturated heterocycles. The molecule has 0 aromatic heterocycles. The van der Waals surface area contributed by atoms with Crippen molar-refractivity contribution >= 4 is 5.91 Å². The first-order chi connectivity index (χ1) is 18.9. The Hall–Kier alpha value is -3.91. The van der Waals surface area contributed by atoms with Crippen LogP contribution in [-0.4, -0.2) is 71.4 Å². The predicted octanol–water partition coefficient (Wildman–Crippen LogP) is 4.53. The second-order valence-electron chi connectivity index (χ2n) is 9.58. The molecule has 0 aliphatic carbocycles. The van der Waals surface area contributed by atoms with E-state index in [-0.39, 0.29) is 18.5 Å². The molecule has 1 aliphatic rings. The maximum absolute atomic E-state index is 13.5. The molecule has 208 valence electrons. The summed E-state index contributed by atoms with van der Waals surface area (Å²) in [5.41, 5.74) is 4.28. The highest BCUT2D eigenvalue weighted by molar-refractivity contribution is 5.78. The number of ether oxygens (including phenoxy) is 5. The van der Waals surface area contributed by atoms with Gasteiger partial charge >= 0.3 is 0 Å². The van der Waals surface area contributed by atoms with Crippen LogP contribution in [0.2, 0.25) is 0 Å². The van der Waals surface area contributed by atoms with Crippen molar-refractivity contribution in [2.45, 2.75) is 25.4 Å². The summed E-state index contributed by atoms with van der Waals surface area (Å²) in [4.78, 5) is 17.5. The van der Waals surface area contributed by atoms with E-state index in [1.54, 1.807) is 40.4 Å². The topological polar surface area (TPSA) is 69.7 Å². The fourth-order valence-corrected chi connectivity index (χ4v) is 5.29. The van der Waals surface area contributed by atoms with E-state index in [0.717, 1.165) is 28.7 Å². The van der Waals surface area contributed by atoms with E-state index in [1.807, 2.05) is 61.6 Å². The van der Waals surface area contributed by atoms with E-state index in [2.05, 4.69) is 4.90 Å². The number of carbonyl (C=O) groups excluding carboxylic acids is 1. The molecule has 0 saturated carbocycles. The van der Waals surface area contributed by atoms with E-state index >= 15 is 0 Å². The van der Waals surface area contributed by atoms with E-state index in [4.69, 9.17) is 23.7 Å². The van der Waals surface area contributed by atoms with Gasteiger partial charge in [-0.25, -0.2) is 0 Å². The SMILES string of the molecule is COc1ccc(CC2c3c(cc(OC)c(OC)c3OC)CCN2CC(=O)N(C)Cc2ccccc2)cc1OC. The van der Waals surface area contributed by atoms with Gasteiger partial charge in [0.15, 0.2) is 23.0 Å². The number of fused-ring (bicyclic) bond motifs is 1. The number of hydrogen-bond donors (Lipinski definition) is 0. The molecule has 1 unspecified atom stereocenters. The lowest BCUT2D eigenvalue weighted by atomic mass is 9.87. The number of amides is 1. The van der Waals surface area contributed by atoms with Gasteiger partial charge < -0.3 is 28.6 Å². The van der Waals surface area contributed by atoms with Crippen LogP contribution >= 0.6 is 0 Å². The summed E-state index contributed by atoms with van der Waals surface area (Å²) in [5, 5.41) is 0. The first-order valence-corrected chi connectivity index (χ1v) is 13.0. The van der Waals surface area contributed by atoms with Gasteiger partial charge in [0.25, 0.3) is 0 Å². The van der Waals surface area contributed by atoms with Crippen molar-refractivity contribution in [1.82, 2.24) is 9.80 Å². The van der Waals surface area contributed by atoms with Crippen molar-refractivity contribution in [3.63, 3.8) is 0 Å². The maximum atomic E-state index is 13.5. The number of methoxy groups -OCH3 is 5. The Morgan fingerprint density at radius 1 is 0.821 bits per heavy atom. The number of nitrogens with zero attached hydrogens (tertiary/aromatic N) is 2. The summed E-state index contributed by atoms with van der Waals surface area (Å²) in [7, 11) is 9.98. The predicted molar refractivity (Wildman–Crippen MR) is 150 cm³/mol. The van der Waals surface area contributed by atoms with Gasteiger partial charge in [-0.3, -0.25) is 9.69 Å². The lowest BCUT2D eigenvalue weighted by Crippen LogP contribution is -2.44. The molecule has 0 radical (unpaired) electrons. The number of hydrogen-bond acceptors (Lipinski definition) is 7. The van der Waals surface area contributed by atoms with Crippen LogP contribution in [0.3, 0.4) is 0 Å². The molecule has 8 nitrogen and oxygen atoms in total. The van der Waals surface area contributed by atoms with E-state index in [0.29, 0.717) is 48.3 Å². The molecule has 1 heterocycles. The summed E-state index contributed by atoms with van der Waals surface area (Å²) >= 11 is 0. The van der Waals surface area contributed by atoms with Crippen LogP contribution in [0.25, 0.3) is 0 Å². The normalized spacial score (nSPS) is 14.8. The van der Waals surface area contributed by atoms with Gasteiger partial charge in [-0.1, -0.05) is 36.4 Å². The third-order valence-corrected chi connectivity index (χ3v) is 7.30. The Kier molecular flexibility index (Phi) is 9.19. The molecule has 0 bridgehead atoms. The second kappa shape index (κ2) is 12.8. The van der Waals surface area contributed by atoms with Crippen LogP contribution in [0, 0.1) is 0 Å². The number of benzene rings is 3. The third kappa shape index (κ3) is 6.06. The third-order valence-electron chi connectivity index (χ3n) is 7.30. The quantitative estimate of drug-likeness (QED) is 0.358. The van der Waals surface area contributed by atoms with Crippen molar-refractivity contribution < 1.29 is 28.5 Å². The lowest BCUT2D eigenvalue weighted by Gasteiger charge is -2.39. The Bertz CT molecular complexity index is 1280. The standard InChI is InChI=1S/C31H38N2O6/c1-32(19-21-10-8-7-9-11-21)28(34)20-33-15-14-23-18-27(37-4)30(38-5)31(39-6)29(23)24(33)16-22-12-13-25(35-2)26(17-22)36-3/h7-13,17-18,24H,14-16,19-20H2,1-6H3. The summed E-state index contributed by atoms with van der Waals surface area (Å²) in [6.45, 7) is 1.55. The molecule has 4 rings (SSSR count). The summed E-state index contributed by atoms with van der Waals surface area (Å²) in [6.07, 6.45) is 1.39. The average Bonchev–Trinajstić information content (AvgIpc) is 2.97. The molecule has 3 aromatic carbocycles. The minimum atomic E-state index is -0.143. The fraction of sp³-hybridized carbons (Fsp3) is 0.387. The Labute approximate surface area is 231 Å². The van der Waals surface area contributed by atoms with Crippen LogP contribution < -0.4 is 23.7 Å². The van der Waals surface area contributed by atoms with Gasteiger partial charge in [0.05, 0.1) is 42.1 Å². The molecule has 1 atom stereocenters. The summed E-state index contributed by atoms with van der Waals surface area (Å²) in [5.74, 6) is 3.20. The van der Waals surface area contributed by atoms with Crippen LogP contribution in [0.1, 0.15) is 28.3 Å². The highest BCUT2D eigenvalue weighted by Crippen LogP contribution is 2.48. The summed E-state index contributed by atoms with van der Waals surface area (Å²) < 4.78 is 28.3. The van der Waals surface area contributed by atoms with E-state index in [9.17, 15) is 4.79 Å². The molecule has 3 aromatic rings. The first-order valence-electron chi connectivity index (χ1n) is 13.0. The molecular formula is C31H38N2O6. The monoisotopic (exact) mass is 534 g/mol. The average molecular weight is 535 g/mol. The van der Waals surface area contributed by atoms with Crippen LogP contribution in [0.15, 0.2) is 54.6 Å². The number of likely N-dealkylation sites (N-methyl/N-ethyl adjacent to an activating group) is 1. The van der Waals surface area contributed by atoms with E-state index < -0.39 is 0 Å². The summed E-state index contributed by atoms with van der Waals surface area (Å²) in [6, 6.07) is 17.8. The number of rotatable bonds is 11. The van der Waals surface area contributed by atoms with Crippen molar-refractivity contribution in [1.29, 1.82) is 0 Å². The van der Waals surface area contributed by atoms with Crippen molar-refractivity contribution in [2.75, 3.05) is 55.7 Å². The number of carbonyl (C=O) groups is 1. The first kappa shape index (κ1) is 28.1. The van der Waals surface area contributed by atoms with Gasteiger partial charge in [0.2, 0.25) is 11.7 Å². The molecule has 0 spiro atoms. The van der Waals surface area contributed by atoms with Gasteiger partial charge in [-0.2, -0.15) is 0 Å². The Morgan fingerprint density at radius 2 is 1.51 bits per heavy atom. The molecule has 8 heteroatoms. The maximum Gasteiger partial charge on any atom is 0.236 e. The zero-order valence-corrected chi connectivity index (χ0v) is 23.7. The lowest BCUT2D eigenvalue weighted by molar-refractivity contribution is -0.132. The smallest absolute Gasteiger partial charge is 0.236 e. The molecule has 1 amide bonds. The van der Waals surface area contributed by atoms with Gasteiger partial charge in [-0.15, -0.1) is 0 Å². The van der Waals surface area contributed by atoms with Gasteiger partial charge in [0.1, 0.15) is 0 Å². The Morgan fingerprint density at radius 3 is 2.15 bits per heavy atom. The molecule has 39 heavy (non-hydrogen) atoms. The van der Waals surface area contributed by atoms with Gasteiger partial charge in [-0.05, 0) is 47.7 Å². The highest BCUT2D eigenvalue weighted by atomic mass is 16.5. The minimum Gasteiger partial charge on any atom is -0.493 e. The molecular weight excluding hydrogens is 496 g/mol. The van der Waals surface area contributed by atoms with Crippen molar-refractivity contribution in [2.24, 2.45) is 0 Å². The minimum absolute atomic E-state index is 0.0547. The molecule has 1 aliphatic heterocycles. The molecule has 0 fully saturated rings.